The summed E-state index contributed by atoms with van der Waals surface area (Å²) in [5.74, 6) is 0. The maximum Gasteiger partial charge on any atom is 0.317 e. The number of nitrogens with two attached hydrogens (primary N) is 1. The van der Waals surface area contributed by atoms with Gasteiger partial charge in [0.15, 0.2) is 0 Å². The molecule has 4 nitrogen and oxygen atoms in total. The minimum absolute atomic E-state index is 0.0264. The van der Waals surface area contributed by atoms with Gasteiger partial charge in [0.2, 0.25) is 0 Å². The Morgan fingerprint density at radius 2 is 2.12 bits per heavy atom. The lowest BCUT2D eigenvalue weighted by Gasteiger charge is -2.36. The zero-order chi connectivity index (χ0) is 12.1. The van der Waals surface area contributed by atoms with Crippen LogP contribution in [0.25, 0.3) is 0 Å². The smallest absolute Gasteiger partial charge is 0.317 e. The van der Waals surface area contributed by atoms with E-state index in [1.165, 1.54) is 5.56 Å². The average Bonchev–Trinajstić information content (AvgIpc) is 2.38. The standard InChI is InChI=1S/C13H19N3O/c14-8-4-10-16-12(7-9-15-13(16)17)11-5-2-1-3-6-11/h1-3,5-6,12H,4,7-10,14H2,(H,15,17). The number of nitrogens with one attached hydrogen (secondary N) is 1. The van der Waals surface area contributed by atoms with Crippen molar-refractivity contribution in [3.8, 4) is 0 Å². The van der Waals surface area contributed by atoms with E-state index < -0.39 is 0 Å². The molecule has 92 valence electrons. The number of rotatable bonds is 4. The molecule has 1 fully saturated rings. The summed E-state index contributed by atoms with van der Waals surface area (Å²) in [5.41, 5.74) is 6.72. The number of urea groups is 1. The second-order valence-corrected chi connectivity index (χ2v) is 4.28. The summed E-state index contributed by atoms with van der Waals surface area (Å²) in [7, 11) is 0. The lowest BCUT2D eigenvalue weighted by Crippen LogP contribution is -2.48. The highest BCUT2D eigenvalue weighted by Gasteiger charge is 2.28. The van der Waals surface area contributed by atoms with Crippen LogP contribution in [0, 0.1) is 0 Å². The first-order chi connectivity index (χ1) is 8.33. The second kappa shape index (κ2) is 5.68. The number of carbonyl (C=O) groups is 1. The molecule has 1 aromatic carbocycles. The van der Waals surface area contributed by atoms with Gasteiger partial charge in [-0.1, -0.05) is 30.3 Å². The Labute approximate surface area is 102 Å². The molecule has 2 amide bonds. The molecular weight excluding hydrogens is 214 g/mol. The van der Waals surface area contributed by atoms with Crippen molar-refractivity contribution >= 4 is 6.03 Å². The summed E-state index contributed by atoms with van der Waals surface area (Å²) in [6, 6.07) is 10.4. The first-order valence-electron chi connectivity index (χ1n) is 6.12. The van der Waals surface area contributed by atoms with Gasteiger partial charge in [0.1, 0.15) is 0 Å². The summed E-state index contributed by atoms with van der Waals surface area (Å²) in [4.78, 5) is 13.8. The third kappa shape index (κ3) is 2.77. The number of carbonyl (C=O) groups excluding carboxylic acids is 1. The Bertz CT molecular complexity index is 366. The van der Waals surface area contributed by atoms with Crippen molar-refractivity contribution in [3.63, 3.8) is 0 Å². The Balaban J connectivity index is 2.14. The highest BCUT2D eigenvalue weighted by molar-refractivity contribution is 5.75. The molecule has 1 saturated heterocycles. The molecule has 1 unspecified atom stereocenters. The number of hydrogen-bond donors (Lipinski definition) is 2. The van der Waals surface area contributed by atoms with Crippen molar-refractivity contribution in [2.24, 2.45) is 5.73 Å². The van der Waals surface area contributed by atoms with Gasteiger partial charge in [-0.2, -0.15) is 0 Å². The van der Waals surface area contributed by atoms with E-state index in [0.717, 1.165) is 25.9 Å². The minimum Gasteiger partial charge on any atom is -0.338 e. The van der Waals surface area contributed by atoms with Crippen molar-refractivity contribution < 1.29 is 4.79 Å². The summed E-state index contributed by atoms with van der Waals surface area (Å²) >= 11 is 0. The maximum absolute atomic E-state index is 11.9. The van der Waals surface area contributed by atoms with Crippen LogP contribution in [0.3, 0.4) is 0 Å². The molecule has 4 heteroatoms. The van der Waals surface area contributed by atoms with E-state index in [1.807, 2.05) is 23.1 Å². The van der Waals surface area contributed by atoms with E-state index in [9.17, 15) is 4.79 Å². The predicted octanol–water partition coefficient (Wildman–Crippen LogP) is 1.49. The lowest BCUT2D eigenvalue weighted by molar-refractivity contribution is 0.154. The molecule has 17 heavy (non-hydrogen) atoms. The van der Waals surface area contributed by atoms with Gasteiger partial charge in [-0.25, -0.2) is 4.79 Å². The highest BCUT2D eigenvalue weighted by Crippen LogP contribution is 2.26. The van der Waals surface area contributed by atoms with Crippen molar-refractivity contribution in [1.29, 1.82) is 0 Å². The van der Waals surface area contributed by atoms with E-state index >= 15 is 0 Å². The molecule has 0 aromatic heterocycles. The monoisotopic (exact) mass is 233 g/mol. The van der Waals surface area contributed by atoms with Crippen LogP contribution in [-0.2, 0) is 0 Å². The van der Waals surface area contributed by atoms with Crippen LogP contribution in [0.1, 0.15) is 24.4 Å². The number of hydrogen-bond acceptors (Lipinski definition) is 2. The van der Waals surface area contributed by atoms with Crippen LogP contribution in [0.4, 0.5) is 4.79 Å². The molecule has 0 bridgehead atoms. The van der Waals surface area contributed by atoms with Crippen LogP contribution in [0.2, 0.25) is 0 Å². The molecule has 0 radical (unpaired) electrons. The van der Waals surface area contributed by atoms with E-state index in [1.54, 1.807) is 0 Å². The molecule has 2 rings (SSSR count). The third-order valence-corrected chi connectivity index (χ3v) is 3.12. The van der Waals surface area contributed by atoms with Crippen molar-refractivity contribution in [2.75, 3.05) is 19.6 Å². The molecule has 0 saturated carbocycles. The van der Waals surface area contributed by atoms with E-state index in [0.29, 0.717) is 6.54 Å². The zero-order valence-electron chi connectivity index (χ0n) is 9.93. The predicted molar refractivity (Wildman–Crippen MR) is 67.6 cm³/mol. The Morgan fingerprint density at radius 3 is 2.82 bits per heavy atom. The van der Waals surface area contributed by atoms with Crippen LogP contribution in [0.15, 0.2) is 30.3 Å². The normalized spacial score (nSPS) is 20.2. The molecule has 0 aliphatic carbocycles. The van der Waals surface area contributed by atoms with Crippen LogP contribution in [-0.4, -0.2) is 30.6 Å². The molecule has 1 aromatic rings. The Morgan fingerprint density at radius 1 is 1.35 bits per heavy atom. The van der Waals surface area contributed by atoms with Crippen molar-refractivity contribution in [1.82, 2.24) is 10.2 Å². The number of amides is 2. The minimum atomic E-state index is 0.0264. The number of benzene rings is 1. The lowest BCUT2D eigenvalue weighted by atomic mass is 10.0. The summed E-state index contributed by atoms with van der Waals surface area (Å²) in [5, 5.41) is 2.89. The van der Waals surface area contributed by atoms with Crippen LogP contribution in [0.5, 0.6) is 0 Å². The zero-order valence-corrected chi connectivity index (χ0v) is 9.93. The SMILES string of the molecule is NCCCN1C(=O)NCCC1c1ccccc1. The molecule has 1 aliphatic heterocycles. The van der Waals surface area contributed by atoms with Gasteiger partial charge in [-0.3, -0.25) is 0 Å². The molecular formula is C13H19N3O. The Kier molecular flexibility index (Phi) is 3.98. The van der Waals surface area contributed by atoms with Gasteiger partial charge in [-0.05, 0) is 24.9 Å². The molecule has 3 N–H and O–H groups in total. The molecule has 1 heterocycles. The van der Waals surface area contributed by atoms with Gasteiger partial charge >= 0.3 is 6.03 Å². The van der Waals surface area contributed by atoms with E-state index in [2.05, 4.69) is 17.4 Å². The van der Waals surface area contributed by atoms with Crippen molar-refractivity contribution in [3.05, 3.63) is 35.9 Å². The fourth-order valence-corrected chi connectivity index (χ4v) is 2.26. The first-order valence-corrected chi connectivity index (χ1v) is 6.12. The topological polar surface area (TPSA) is 58.4 Å². The van der Waals surface area contributed by atoms with E-state index in [-0.39, 0.29) is 12.1 Å². The fraction of sp³-hybridized carbons (Fsp3) is 0.462. The van der Waals surface area contributed by atoms with Crippen LogP contribution < -0.4 is 11.1 Å². The fourth-order valence-electron chi connectivity index (χ4n) is 2.26. The van der Waals surface area contributed by atoms with Gasteiger partial charge in [0.25, 0.3) is 0 Å². The first kappa shape index (κ1) is 11.9. The largest absolute Gasteiger partial charge is 0.338 e. The quantitative estimate of drug-likeness (QED) is 0.827. The molecule has 1 atom stereocenters. The molecule has 0 spiro atoms. The summed E-state index contributed by atoms with van der Waals surface area (Å²) in [6.07, 6.45) is 1.80. The highest BCUT2D eigenvalue weighted by atomic mass is 16.2. The van der Waals surface area contributed by atoms with Crippen molar-refractivity contribution in [2.45, 2.75) is 18.9 Å². The van der Waals surface area contributed by atoms with Gasteiger partial charge < -0.3 is 16.0 Å². The van der Waals surface area contributed by atoms with Gasteiger partial charge in [0, 0.05) is 13.1 Å². The van der Waals surface area contributed by atoms with Gasteiger partial charge in [-0.15, -0.1) is 0 Å². The maximum atomic E-state index is 11.9. The van der Waals surface area contributed by atoms with Crippen LogP contribution >= 0.6 is 0 Å². The van der Waals surface area contributed by atoms with E-state index in [4.69, 9.17) is 5.73 Å². The third-order valence-electron chi connectivity index (χ3n) is 3.12. The Hall–Kier alpha value is -1.55. The van der Waals surface area contributed by atoms with Gasteiger partial charge in [0.05, 0.1) is 6.04 Å². The number of nitrogens with zero attached hydrogens (tertiary/aromatic N) is 1. The second-order valence-electron chi connectivity index (χ2n) is 4.28. The average molecular weight is 233 g/mol. The summed E-state index contributed by atoms with van der Waals surface area (Å²) in [6.45, 7) is 2.09. The summed E-state index contributed by atoms with van der Waals surface area (Å²) < 4.78 is 0. The molecule has 1 aliphatic rings.